The van der Waals surface area contributed by atoms with Gasteiger partial charge in [-0.05, 0) is 24.0 Å². The van der Waals surface area contributed by atoms with Crippen LogP contribution < -0.4 is 0 Å². The minimum Gasteiger partial charge on any atom is -0.477 e. The normalized spacial score (nSPS) is 16.4. The number of rotatable bonds is 3. The van der Waals surface area contributed by atoms with Gasteiger partial charge in [0.25, 0.3) is 0 Å². The minimum atomic E-state index is -0.796. The van der Waals surface area contributed by atoms with E-state index in [4.69, 9.17) is 5.11 Å². The quantitative estimate of drug-likeness (QED) is 0.881. The van der Waals surface area contributed by atoms with E-state index in [0.29, 0.717) is 10.8 Å². The maximum atomic E-state index is 10.9. The van der Waals surface area contributed by atoms with E-state index in [2.05, 4.69) is 18.7 Å². The van der Waals surface area contributed by atoms with Crippen LogP contribution in [0.15, 0.2) is 6.07 Å². The van der Waals surface area contributed by atoms with Gasteiger partial charge in [0.2, 0.25) is 0 Å². The molecule has 3 nitrogen and oxygen atoms in total. The second kappa shape index (κ2) is 4.55. The Balaban J connectivity index is 2.11. The highest BCUT2D eigenvalue weighted by atomic mass is 32.1. The molecule has 1 N–H and O–H groups in total. The Hall–Kier alpha value is -0.870. The minimum absolute atomic E-state index is 0.483. The standard InChI is InChI=1S/C12H17NO2S/c1-8(2)6-13-4-3-10-9(7-13)5-11(16-10)12(14)15/h5,8H,3-4,6-7H2,1-2H3,(H,14,15). The van der Waals surface area contributed by atoms with Gasteiger partial charge >= 0.3 is 5.97 Å². The molecule has 2 heterocycles. The molecule has 1 aromatic heterocycles. The van der Waals surface area contributed by atoms with Crippen LogP contribution in [0.2, 0.25) is 0 Å². The third-order valence-corrected chi connectivity index (χ3v) is 4.00. The number of hydrogen-bond donors (Lipinski definition) is 1. The molecule has 1 aliphatic rings. The summed E-state index contributed by atoms with van der Waals surface area (Å²) < 4.78 is 0. The summed E-state index contributed by atoms with van der Waals surface area (Å²) in [6.45, 7) is 7.50. The van der Waals surface area contributed by atoms with Gasteiger partial charge in [0.05, 0.1) is 0 Å². The number of nitrogens with zero attached hydrogens (tertiary/aromatic N) is 1. The second-order valence-electron chi connectivity index (χ2n) is 4.74. The molecule has 0 fully saturated rings. The molecule has 1 aromatic rings. The zero-order chi connectivity index (χ0) is 11.7. The second-order valence-corrected chi connectivity index (χ2v) is 5.88. The van der Waals surface area contributed by atoms with Crippen LogP contribution in [-0.2, 0) is 13.0 Å². The fourth-order valence-corrected chi connectivity index (χ4v) is 3.17. The van der Waals surface area contributed by atoms with Crippen molar-refractivity contribution in [1.29, 1.82) is 0 Å². The summed E-state index contributed by atoms with van der Waals surface area (Å²) in [5, 5.41) is 8.94. The fraction of sp³-hybridized carbons (Fsp3) is 0.583. The highest BCUT2D eigenvalue weighted by molar-refractivity contribution is 7.14. The van der Waals surface area contributed by atoms with Crippen LogP contribution in [0.1, 0.15) is 34.0 Å². The van der Waals surface area contributed by atoms with Crippen molar-refractivity contribution in [3.05, 3.63) is 21.4 Å². The van der Waals surface area contributed by atoms with Crippen LogP contribution in [0, 0.1) is 5.92 Å². The average molecular weight is 239 g/mol. The number of carboxylic acid groups (broad SMARTS) is 1. The first kappa shape index (κ1) is 11.6. The number of carbonyl (C=O) groups is 1. The Morgan fingerprint density at radius 1 is 1.62 bits per heavy atom. The summed E-state index contributed by atoms with van der Waals surface area (Å²) in [4.78, 5) is 15.0. The Bertz CT molecular complexity index is 398. The summed E-state index contributed by atoms with van der Waals surface area (Å²) in [6.07, 6.45) is 1.00. The number of fused-ring (bicyclic) bond motifs is 1. The lowest BCUT2D eigenvalue weighted by Crippen LogP contribution is -2.32. The summed E-state index contributed by atoms with van der Waals surface area (Å²) in [5.41, 5.74) is 1.22. The lowest BCUT2D eigenvalue weighted by atomic mass is 10.1. The molecule has 1 aliphatic heterocycles. The molecular weight excluding hydrogens is 222 g/mol. The molecule has 0 saturated heterocycles. The molecule has 0 saturated carbocycles. The van der Waals surface area contributed by atoms with Gasteiger partial charge in [-0.3, -0.25) is 4.90 Å². The Morgan fingerprint density at radius 2 is 2.38 bits per heavy atom. The van der Waals surface area contributed by atoms with E-state index in [1.54, 1.807) is 0 Å². The van der Waals surface area contributed by atoms with Crippen molar-refractivity contribution in [2.45, 2.75) is 26.8 Å². The lowest BCUT2D eigenvalue weighted by molar-refractivity contribution is 0.0702. The molecule has 0 radical (unpaired) electrons. The van der Waals surface area contributed by atoms with Crippen molar-refractivity contribution in [1.82, 2.24) is 4.90 Å². The molecule has 0 aromatic carbocycles. The van der Waals surface area contributed by atoms with Crippen LogP contribution in [0.5, 0.6) is 0 Å². The molecule has 0 spiro atoms. The maximum absolute atomic E-state index is 10.9. The van der Waals surface area contributed by atoms with Crippen LogP contribution >= 0.6 is 11.3 Å². The highest BCUT2D eigenvalue weighted by Crippen LogP contribution is 2.28. The van der Waals surface area contributed by atoms with Gasteiger partial charge in [0, 0.05) is 24.5 Å². The van der Waals surface area contributed by atoms with Gasteiger partial charge in [-0.25, -0.2) is 4.79 Å². The smallest absolute Gasteiger partial charge is 0.345 e. The van der Waals surface area contributed by atoms with Crippen LogP contribution in [0.4, 0.5) is 0 Å². The van der Waals surface area contributed by atoms with Gasteiger partial charge in [-0.1, -0.05) is 13.8 Å². The van der Waals surface area contributed by atoms with Gasteiger partial charge in [0.15, 0.2) is 0 Å². The zero-order valence-corrected chi connectivity index (χ0v) is 10.5. The van der Waals surface area contributed by atoms with E-state index in [-0.39, 0.29) is 0 Å². The number of aromatic carboxylic acids is 1. The van der Waals surface area contributed by atoms with E-state index < -0.39 is 5.97 Å². The van der Waals surface area contributed by atoms with E-state index >= 15 is 0 Å². The summed E-state index contributed by atoms with van der Waals surface area (Å²) >= 11 is 1.44. The molecule has 16 heavy (non-hydrogen) atoms. The van der Waals surface area contributed by atoms with Gasteiger partial charge in [-0.2, -0.15) is 0 Å². The van der Waals surface area contributed by atoms with Crippen molar-refractivity contribution in [2.75, 3.05) is 13.1 Å². The number of thiophene rings is 1. The molecule has 0 amide bonds. The molecule has 0 bridgehead atoms. The van der Waals surface area contributed by atoms with E-state index in [0.717, 1.165) is 26.1 Å². The maximum Gasteiger partial charge on any atom is 0.345 e. The van der Waals surface area contributed by atoms with E-state index in [9.17, 15) is 4.79 Å². The van der Waals surface area contributed by atoms with E-state index in [1.165, 1.54) is 21.8 Å². The first-order chi connectivity index (χ1) is 7.56. The predicted octanol–water partition coefficient (Wildman–Crippen LogP) is 2.46. The summed E-state index contributed by atoms with van der Waals surface area (Å²) in [5.74, 6) is -0.131. The topological polar surface area (TPSA) is 40.5 Å². The van der Waals surface area contributed by atoms with Gasteiger partial charge < -0.3 is 5.11 Å². The molecule has 0 aliphatic carbocycles. The molecule has 0 atom stereocenters. The molecule has 0 unspecified atom stereocenters. The van der Waals surface area contributed by atoms with Crippen molar-refractivity contribution < 1.29 is 9.90 Å². The number of carboxylic acids is 1. The third-order valence-electron chi connectivity index (χ3n) is 2.78. The SMILES string of the molecule is CC(C)CN1CCc2sc(C(=O)O)cc2C1. The van der Waals surface area contributed by atoms with Crippen LogP contribution in [0.25, 0.3) is 0 Å². The van der Waals surface area contributed by atoms with Crippen molar-refractivity contribution >= 4 is 17.3 Å². The molecule has 2 rings (SSSR count). The molecule has 88 valence electrons. The van der Waals surface area contributed by atoms with Crippen molar-refractivity contribution in [2.24, 2.45) is 5.92 Å². The van der Waals surface area contributed by atoms with E-state index in [1.807, 2.05) is 6.07 Å². The summed E-state index contributed by atoms with van der Waals surface area (Å²) in [6, 6.07) is 1.84. The monoisotopic (exact) mass is 239 g/mol. The third kappa shape index (κ3) is 2.44. The zero-order valence-electron chi connectivity index (χ0n) is 9.69. The Morgan fingerprint density at radius 3 is 3.00 bits per heavy atom. The van der Waals surface area contributed by atoms with Gasteiger partial charge in [0.1, 0.15) is 4.88 Å². The first-order valence-electron chi connectivity index (χ1n) is 5.63. The molecule has 4 heteroatoms. The Kier molecular flexibility index (Phi) is 3.30. The van der Waals surface area contributed by atoms with Crippen molar-refractivity contribution in [3.63, 3.8) is 0 Å². The molecular formula is C12H17NO2S. The fourth-order valence-electron chi connectivity index (χ4n) is 2.17. The van der Waals surface area contributed by atoms with Crippen LogP contribution in [-0.4, -0.2) is 29.1 Å². The first-order valence-corrected chi connectivity index (χ1v) is 6.45. The largest absolute Gasteiger partial charge is 0.477 e. The highest BCUT2D eigenvalue weighted by Gasteiger charge is 2.21. The van der Waals surface area contributed by atoms with Crippen molar-refractivity contribution in [3.8, 4) is 0 Å². The average Bonchev–Trinajstić information content (AvgIpc) is 2.59. The van der Waals surface area contributed by atoms with Crippen LogP contribution in [0.3, 0.4) is 0 Å². The number of hydrogen-bond acceptors (Lipinski definition) is 3. The summed E-state index contributed by atoms with van der Waals surface area (Å²) in [7, 11) is 0. The Labute approximate surface area is 99.7 Å². The lowest BCUT2D eigenvalue weighted by Gasteiger charge is -2.28. The predicted molar refractivity (Wildman–Crippen MR) is 65.1 cm³/mol. The van der Waals surface area contributed by atoms with Gasteiger partial charge in [-0.15, -0.1) is 11.3 Å².